The number of piperazine rings is 1. The van der Waals surface area contributed by atoms with Crippen LogP contribution in [0.15, 0.2) is 0 Å². The molecule has 0 aromatic carbocycles. The van der Waals surface area contributed by atoms with Gasteiger partial charge in [0.1, 0.15) is 25.3 Å². The Balaban J connectivity index is 2.47. The monoisotopic (exact) mass is 877 g/mol. The van der Waals surface area contributed by atoms with E-state index in [1.807, 2.05) is 0 Å². The van der Waals surface area contributed by atoms with Crippen LogP contribution in [0, 0.1) is 0 Å². The van der Waals surface area contributed by atoms with Crippen molar-refractivity contribution in [3.63, 3.8) is 0 Å². The van der Waals surface area contributed by atoms with Crippen molar-refractivity contribution < 1.29 is 28.7 Å². The zero-order chi connectivity index (χ0) is 45.1. The quantitative estimate of drug-likeness (QED) is 0.0459. The van der Waals surface area contributed by atoms with Gasteiger partial charge in [0.05, 0.1) is 12.8 Å². The van der Waals surface area contributed by atoms with E-state index in [4.69, 9.17) is 9.47 Å². The predicted molar refractivity (Wildman–Crippen MR) is 258 cm³/mol. The van der Waals surface area contributed by atoms with Crippen LogP contribution in [-0.4, -0.2) is 98.1 Å². The molecule has 62 heavy (non-hydrogen) atoms. The third-order valence-electron chi connectivity index (χ3n) is 12.7. The van der Waals surface area contributed by atoms with Crippen LogP contribution in [0.1, 0.15) is 246 Å². The number of nitrogens with one attached hydrogen (secondary N) is 2. The number of carbonyl (C=O) groups is 4. The molecule has 10 heteroatoms. The van der Waals surface area contributed by atoms with Crippen LogP contribution < -0.4 is 10.6 Å². The molecule has 1 fully saturated rings. The summed E-state index contributed by atoms with van der Waals surface area (Å²) in [6.07, 6.45) is 40.5. The van der Waals surface area contributed by atoms with Crippen LogP contribution in [-0.2, 0) is 28.7 Å². The summed E-state index contributed by atoms with van der Waals surface area (Å²) in [5.74, 6) is -1.98. The lowest BCUT2D eigenvalue weighted by molar-refractivity contribution is -0.151. The molecule has 1 saturated heterocycles. The lowest BCUT2D eigenvalue weighted by Gasteiger charge is -2.29. The van der Waals surface area contributed by atoms with Gasteiger partial charge in [-0.15, -0.1) is 0 Å². The molecule has 1 aliphatic heterocycles. The molecular weight excluding hydrogens is 777 g/mol. The van der Waals surface area contributed by atoms with Crippen LogP contribution in [0.3, 0.4) is 0 Å². The molecule has 10 nitrogen and oxygen atoms in total. The average molecular weight is 877 g/mol. The topological polar surface area (TPSA) is 117 Å². The molecule has 0 aliphatic carbocycles. The molecule has 1 aliphatic rings. The molecule has 0 aromatic heterocycles. The fraction of sp³-hybridized carbons (Fsp3) is 0.923. The first-order valence-corrected chi connectivity index (χ1v) is 26.7. The van der Waals surface area contributed by atoms with Crippen molar-refractivity contribution in [3.05, 3.63) is 0 Å². The second-order valence-electron chi connectivity index (χ2n) is 18.6. The third kappa shape index (κ3) is 34.2. The summed E-state index contributed by atoms with van der Waals surface area (Å²) < 4.78 is 11.2. The van der Waals surface area contributed by atoms with Crippen LogP contribution in [0.25, 0.3) is 0 Å². The number of unbranched alkanes of at least 4 members (excludes halogenated alkanes) is 28. The Kier molecular flexibility index (Phi) is 39.9. The van der Waals surface area contributed by atoms with Crippen LogP contribution >= 0.6 is 0 Å². The molecule has 1 rings (SSSR count). The molecule has 0 bridgehead atoms. The van der Waals surface area contributed by atoms with E-state index in [0.29, 0.717) is 13.1 Å². The maximum atomic E-state index is 13.0. The molecule has 2 atom stereocenters. The van der Waals surface area contributed by atoms with Crippen molar-refractivity contribution in [1.29, 1.82) is 0 Å². The zero-order valence-electron chi connectivity index (χ0n) is 41.2. The van der Waals surface area contributed by atoms with Gasteiger partial charge in [0, 0.05) is 13.1 Å². The van der Waals surface area contributed by atoms with Crippen molar-refractivity contribution in [1.82, 2.24) is 20.4 Å². The Morgan fingerprint density at radius 3 is 0.839 bits per heavy atom. The van der Waals surface area contributed by atoms with E-state index in [0.717, 1.165) is 51.9 Å². The molecule has 364 valence electrons. The van der Waals surface area contributed by atoms with Gasteiger partial charge in [-0.25, -0.2) is 0 Å². The number of hydrogen-bond acceptors (Lipinski definition) is 8. The molecular formula is C52H100N4O6. The minimum atomic E-state index is -1.02. The van der Waals surface area contributed by atoms with E-state index >= 15 is 0 Å². The number of rotatable bonds is 46. The lowest BCUT2D eigenvalue weighted by Crippen LogP contribution is -2.62. The second kappa shape index (κ2) is 42.7. The number of esters is 2. The van der Waals surface area contributed by atoms with Gasteiger partial charge in [0.15, 0.2) is 0 Å². The van der Waals surface area contributed by atoms with E-state index in [1.165, 1.54) is 180 Å². The highest BCUT2D eigenvalue weighted by Crippen LogP contribution is 2.14. The first kappa shape index (κ1) is 57.8. The summed E-state index contributed by atoms with van der Waals surface area (Å²) in [7, 11) is 0. The Bertz CT molecular complexity index is 954. The number of ether oxygens (including phenoxy) is 2. The fourth-order valence-corrected chi connectivity index (χ4v) is 8.54. The summed E-state index contributed by atoms with van der Waals surface area (Å²) in [6, 6.07) is -2.04. The van der Waals surface area contributed by atoms with Crippen molar-refractivity contribution >= 4 is 23.8 Å². The van der Waals surface area contributed by atoms with Gasteiger partial charge >= 0.3 is 11.9 Å². The van der Waals surface area contributed by atoms with Gasteiger partial charge in [0.25, 0.3) is 0 Å². The Morgan fingerprint density at radius 1 is 0.371 bits per heavy atom. The van der Waals surface area contributed by atoms with E-state index < -0.39 is 35.8 Å². The van der Waals surface area contributed by atoms with E-state index in [-0.39, 0.29) is 26.1 Å². The molecule has 0 radical (unpaired) electrons. The predicted octanol–water partition coefficient (Wildman–Crippen LogP) is 12.0. The van der Waals surface area contributed by atoms with Crippen molar-refractivity contribution in [2.24, 2.45) is 0 Å². The number of hydrogen-bond donors (Lipinski definition) is 2. The molecule has 2 N–H and O–H groups in total. The highest BCUT2D eigenvalue weighted by molar-refractivity contribution is 6.00. The van der Waals surface area contributed by atoms with Gasteiger partial charge in [0.2, 0.25) is 11.8 Å². The maximum absolute atomic E-state index is 13.0. The summed E-state index contributed by atoms with van der Waals surface area (Å²) >= 11 is 0. The third-order valence-corrected chi connectivity index (χ3v) is 12.7. The average Bonchev–Trinajstić information content (AvgIpc) is 3.25. The van der Waals surface area contributed by atoms with Crippen molar-refractivity contribution in [2.75, 3.05) is 52.5 Å². The second-order valence-corrected chi connectivity index (χ2v) is 18.6. The highest BCUT2D eigenvalue weighted by atomic mass is 16.5. The van der Waals surface area contributed by atoms with Crippen LogP contribution in [0.5, 0.6) is 0 Å². The highest BCUT2D eigenvalue weighted by Gasteiger charge is 2.36. The minimum absolute atomic E-state index is 0.238. The Morgan fingerprint density at radius 2 is 0.597 bits per heavy atom. The molecule has 0 unspecified atom stereocenters. The zero-order valence-corrected chi connectivity index (χ0v) is 41.2. The smallest absolute Gasteiger partial charge is 0.308 e. The summed E-state index contributed by atoms with van der Waals surface area (Å²) in [5.41, 5.74) is 0. The number of amides is 2. The fourth-order valence-electron chi connectivity index (χ4n) is 8.54. The number of nitrogens with zero attached hydrogens (tertiary/aromatic N) is 2. The van der Waals surface area contributed by atoms with Gasteiger partial charge in [-0.05, 0) is 51.9 Å². The molecule has 0 aromatic rings. The maximum Gasteiger partial charge on any atom is 0.308 e. The summed E-state index contributed by atoms with van der Waals surface area (Å²) in [6.45, 7) is 14.9. The first-order valence-electron chi connectivity index (χ1n) is 26.7. The standard InChI is InChI=1S/C52H100N4O6/c1-5-9-13-17-21-25-29-33-37-55(38-34-30-26-22-18-14-10-6-2)41-43-61-49(57)45-47-51(59)54-48(52(60)53-47)46-50(58)62-44-42-56(39-35-31-27-23-19-15-11-7-3)40-36-32-28-24-20-16-12-8-4/h47-48H,5-46H2,1-4H3,(H,53,60)(H,54,59)/t47-,48-/m0/s1. The van der Waals surface area contributed by atoms with E-state index in [2.05, 4.69) is 48.1 Å². The van der Waals surface area contributed by atoms with E-state index in [9.17, 15) is 19.2 Å². The van der Waals surface area contributed by atoms with E-state index in [1.54, 1.807) is 0 Å². The normalized spacial score (nSPS) is 15.3. The van der Waals surface area contributed by atoms with Crippen molar-refractivity contribution in [3.8, 4) is 0 Å². The van der Waals surface area contributed by atoms with Crippen molar-refractivity contribution in [2.45, 2.75) is 258 Å². The molecule has 2 amide bonds. The van der Waals surface area contributed by atoms with Gasteiger partial charge < -0.3 is 20.1 Å². The lowest BCUT2D eigenvalue weighted by atomic mass is 10.1. The SMILES string of the molecule is CCCCCCCCCCN(CCCCCCCCCC)CCOC(=O)C[C@@H]1NC(=O)[C@H](CC(=O)OCCN(CCCCCCCCCC)CCCCCCCCCC)NC1=O. The Labute approximate surface area is 382 Å². The number of carbonyl (C=O) groups excluding carboxylic acids is 4. The molecule has 1 heterocycles. The van der Waals surface area contributed by atoms with Crippen LogP contribution in [0.2, 0.25) is 0 Å². The minimum Gasteiger partial charge on any atom is -0.464 e. The Hall–Kier alpha value is -2.20. The molecule has 0 spiro atoms. The summed E-state index contributed by atoms with van der Waals surface area (Å²) in [4.78, 5) is 56.5. The first-order chi connectivity index (χ1) is 30.3. The van der Waals surface area contributed by atoms with Gasteiger partial charge in [-0.1, -0.05) is 207 Å². The van der Waals surface area contributed by atoms with Gasteiger partial charge in [-0.3, -0.25) is 29.0 Å². The largest absolute Gasteiger partial charge is 0.464 e. The molecule has 0 saturated carbocycles. The van der Waals surface area contributed by atoms with Crippen LogP contribution in [0.4, 0.5) is 0 Å². The van der Waals surface area contributed by atoms with Gasteiger partial charge in [-0.2, -0.15) is 0 Å². The summed E-state index contributed by atoms with van der Waals surface area (Å²) in [5, 5.41) is 5.31.